The fraction of sp³-hybridized carbons (Fsp3) is 0.250. The van der Waals surface area contributed by atoms with Gasteiger partial charge in [-0.3, -0.25) is 4.40 Å². The normalized spacial score (nSPS) is 11.4. The molecule has 0 N–H and O–H groups in total. The summed E-state index contributed by atoms with van der Waals surface area (Å²) in [6, 6.07) is 9.62. The Morgan fingerprint density at radius 3 is 2.54 bits per heavy atom. The first kappa shape index (κ1) is 16.8. The summed E-state index contributed by atoms with van der Waals surface area (Å²) >= 11 is 6.14. The minimum atomic E-state index is 0.622. The summed E-state index contributed by atoms with van der Waals surface area (Å²) in [5, 5.41) is 0.622. The molecule has 3 aromatic heterocycles. The number of methoxy groups -OCH3 is 1. The lowest BCUT2D eigenvalue weighted by atomic mass is 10.2. The minimum absolute atomic E-state index is 0.622. The zero-order valence-corrected chi connectivity index (χ0v) is 15.9. The topological polar surface area (TPSA) is 52.3 Å². The molecule has 3 heterocycles. The van der Waals surface area contributed by atoms with Gasteiger partial charge < -0.3 is 4.74 Å². The third-order valence-electron chi connectivity index (χ3n) is 4.57. The molecule has 0 unspecified atom stereocenters. The van der Waals surface area contributed by atoms with E-state index in [0.717, 1.165) is 51.6 Å². The monoisotopic (exact) mass is 366 g/mol. The van der Waals surface area contributed by atoms with Gasteiger partial charge in [0.15, 0.2) is 5.65 Å². The maximum atomic E-state index is 6.14. The van der Waals surface area contributed by atoms with Gasteiger partial charge in [0.05, 0.1) is 29.6 Å². The molecule has 0 fully saturated rings. The Balaban J connectivity index is 2.17. The molecular formula is C20H19ClN4O. The lowest BCUT2D eigenvalue weighted by Crippen LogP contribution is -2.02. The molecule has 6 heteroatoms. The molecule has 1 aromatic carbocycles. The number of rotatable bonds is 3. The molecule has 0 saturated carbocycles. The van der Waals surface area contributed by atoms with Crippen molar-refractivity contribution in [3.05, 3.63) is 52.4 Å². The van der Waals surface area contributed by atoms with E-state index in [1.54, 1.807) is 13.2 Å². The van der Waals surface area contributed by atoms with Gasteiger partial charge in [0.1, 0.15) is 17.1 Å². The van der Waals surface area contributed by atoms with Crippen LogP contribution in [0.1, 0.15) is 24.0 Å². The lowest BCUT2D eigenvalue weighted by molar-refractivity contribution is 0.416. The van der Waals surface area contributed by atoms with E-state index in [1.165, 1.54) is 0 Å². The number of nitrogens with zero attached hydrogens (tertiary/aromatic N) is 4. The van der Waals surface area contributed by atoms with Crippen molar-refractivity contribution in [2.45, 2.75) is 27.2 Å². The smallest absolute Gasteiger partial charge is 0.165 e. The molecule has 5 nitrogen and oxygen atoms in total. The Labute approximate surface area is 156 Å². The number of halogens is 1. The Morgan fingerprint density at radius 2 is 1.81 bits per heavy atom. The Hall–Kier alpha value is -2.66. The van der Waals surface area contributed by atoms with Gasteiger partial charge in [-0.25, -0.2) is 15.0 Å². The maximum Gasteiger partial charge on any atom is 0.165 e. The molecule has 0 radical (unpaired) electrons. The van der Waals surface area contributed by atoms with Gasteiger partial charge in [0.25, 0.3) is 0 Å². The lowest BCUT2D eigenvalue weighted by Gasteiger charge is -2.11. The van der Waals surface area contributed by atoms with E-state index < -0.39 is 0 Å². The number of aryl methyl sites for hydroxylation is 3. The van der Waals surface area contributed by atoms with Crippen molar-refractivity contribution in [3.8, 4) is 17.1 Å². The first-order valence-electron chi connectivity index (χ1n) is 8.52. The summed E-state index contributed by atoms with van der Waals surface area (Å²) < 4.78 is 7.63. The number of benzene rings is 1. The summed E-state index contributed by atoms with van der Waals surface area (Å²) in [7, 11) is 1.64. The number of fused-ring (bicyclic) bond motifs is 3. The molecular weight excluding hydrogens is 348 g/mol. The van der Waals surface area contributed by atoms with Gasteiger partial charge in [-0.05, 0) is 50.6 Å². The maximum absolute atomic E-state index is 6.14. The molecule has 26 heavy (non-hydrogen) atoms. The van der Waals surface area contributed by atoms with Gasteiger partial charge in [-0.2, -0.15) is 0 Å². The predicted octanol–water partition coefficient (Wildman–Crippen LogP) is 4.79. The molecule has 0 spiro atoms. The average molecular weight is 367 g/mol. The second kappa shape index (κ2) is 6.25. The Kier molecular flexibility index (Phi) is 4.04. The quantitative estimate of drug-likeness (QED) is 0.523. The molecule has 0 aliphatic rings. The third-order valence-corrected chi connectivity index (χ3v) is 4.81. The van der Waals surface area contributed by atoms with Crippen molar-refractivity contribution in [1.82, 2.24) is 19.4 Å². The third kappa shape index (κ3) is 2.51. The number of ether oxygens (including phenoxy) is 1. The van der Waals surface area contributed by atoms with Crippen LogP contribution in [0.2, 0.25) is 5.02 Å². The van der Waals surface area contributed by atoms with Crippen molar-refractivity contribution < 1.29 is 4.74 Å². The molecule has 132 valence electrons. The van der Waals surface area contributed by atoms with Gasteiger partial charge in [-0.1, -0.05) is 18.5 Å². The van der Waals surface area contributed by atoms with E-state index in [-0.39, 0.29) is 0 Å². The Morgan fingerprint density at radius 1 is 1.04 bits per heavy atom. The van der Waals surface area contributed by atoms with Crippen molar-refractivity contribution in [3.63, 3.8) is 0 Å². The van der Waals surface area contributed by atoms with Crippen molar-refractivity contribution >= 4 is 28.3 Å². The number of aromatic nitrogens is 4. The fourth-order valence-electron chi connectivity index (χ4n) is 3.35. The molecule has 4 aromatic rings. The second-order valence-electron chi connectivity index (χ2n) is 6.25. The molecule has 0 aliphatic carbocycles. The van der Waals surface area contributed by atoms with Crippen LogP contribution in [0.15, 0.2) is 30.3 Å². The van der Waals surface area contributed by atoms with E-state index >= 15 is 0 Å². The number of hydrogen-bond donors (Lipinski definition) is 0. The largest absolute Gasteiger partial charge is 0.496 e. The molecule has 4 rings (SSSR count). The van der Waals surface area contributed by atoms with Gasteiger partial charge in [0.2, 0.25) is 0 Å². The summed E-state index contributed by atoms with van der Waals surface area (Å²) in [6.45, 7) is 6.08. The zero-order valence-electron chi connectivity index (χ0n) is 15.2. The highest BCUT2D eigenvalue weighted by Crippen LogP contribution is 2.34. The highest BCUT2D eigenvalue weighted by atomic mass is 35.5. The minimum Gasteiger partial charge on any atom is -0.496 e. The highest BCUT2D eigenvalue weighted by Gasteiger charge is 2.19. The van der Waals surface area contributed by atoms with Crippen LogP contribution in [0.25, 0.3) is 28.1 Å². The van der Waals surface area contributed by atoms with Gasteiger partial charge in [0, 0.05) is 10.7 Å². The van der Waals surface area contributed by atoms with Crippen LogP contribution < -0.4 is 4.74 Å². The first-order valence-corrected chi connectivity index (χ1v) is 8.90. The predicted molar refractivity (Wildman–Crippen MR) is 104 cm³/mol. The van der Waals surface area contributed by atoms with Crippen LogP contribution in [-0.4, -0.2) is 26.5 Å². The van der Waals surface area contributed by atoms with Crippen LogP contribution in [-0.2, 0) is 6.42 Å². The number of pyridine rings is 1. The van der Waals surface area contributed by atoms with Crippen LogP contribution in [0.5, 0.6) is 5.75 Å². The van der Waals surface area contributed by atoms with E-state index in [9.17, 15) is 0 Å². The van der Waals surface area contributed by atoms with Crippen LogP contribution in [0.4, 0.5) is 0 Å². The molecule has 0 amide bonds. The molecule has 0 aliphatic heterocycles. The first-order chi connectivity index (χ1) is 12.5. The van der Waals surface area contributed by atoms with E-state index in [4.69, 9.17) is 31.3 Å². The average Bonchev–Trinajstić information content (AvgIpc) is 2.99. The van der Waals surface area contributed by atoms with Crippen molar-refractivity contribution in [1.29, 1.82) is 0 Å². The number of hydrogen-bond acceptors (Lipinski definition) is 4. The standard InChI is InChI=1S/C20H19ClN4O/c1-5-14-7-9-16-20(24-14)25-18(11(2)22-16)12(3)23-19(25)15-8-6-13(21)10-17(15)26-4/h6-10H,5H2,1-4H3. The molecule has 0 saturated heterocycles. The zero-order chi connectivity index (χ0) is 18.4. The summed E-state index contributed by atoms with van der Waals surface area (Å²) in [5.41, 5.74) is 6.35. The highest BCUT2D eigenvalue weighted by molar-refractivity contribution is 6.30. The second-order valence-corrected chi connectivity index (χ2v) is 6.68. The Bertz CT molecular complexity index is 1150. The summed E-state index contributed by atoms with van der Waals surface area (Å²) in [6.07, 6.45) is 0.860. The van der Waals surface area contributed by atoms with Crippen molar-refractivity contribution in [2.24, 2.45) is 0 Å². The van der Waals surface area contributed by atoms with E-state index in [1.807, 2.05) is 38.1 Å². The van der Waals surface area contributed by atoms with Gasteiger partial charge in [-0.15, -0.1) is 0 Å². The van der Waals surface area contributed by atoms with Crippen LogP contribution in [0.3, 0.4) is 0 Å². The molecule has 0 bridgehead atoms. The SMILES string of the molecule is CCc1ccc2nc(C)c3c(C)nc(-c4ccc(Cl)cc4OC)n3c2n1. The molecule has 0 atom stereocenters. The summed E-state index contributed by atoms with van der Waals surface area (Å²) in [5.74, 6) is 1.46. The van der Waals surface area contributed by atoms with E-state index in [0.29, 0.717) is 10.8 Å². The fourth-order valence-corrected chi connectivity index (χ4v) is 3.51. The van der Waals surface area contributed by atoms with Gasteiger partial charge >= 0.3 is 0 Å². The summed E-state index contributed by atoms with van der Waals surface area (Å²) in [4.78, 5) is 14.4. The van der Waals surface area contributed by atoms with Crippen LogP contribution >= 0.6 is 11.6 Å². The number of imidazole rings is 1. The van der Waals surface area contributed by atoms with Crippen molar-refractivity contribution in [2.75, 3.05) is 7.11 Å². The van der Waals surface area contributed by atoms with E-state index in [2.05, 4.69) is 11.3 Å². The van der Waals surface area contributed by atoms with Crippen LogP contribution in [0, 0.1) is 13.8 Å².